The summed E-state index contributed by atoms with van der Waals surface area (Å²) in [5, 5.41) is 4.93. The minimum atomic E-state index is 0.809. The molecule has 3 rings (SSSR count). The van der Waals surface area contributed by atoms with Crippen LogP contribution in [0.3, 0.4) is 0 Å². The molecule has 1 aromatic carbocycles. The van der Waals surface area contributed by atoms with Crippen molar-refractivity contribution in [1.29, 1.82) is 0 Å². The molecule has 3 nitrogen and oxygen atoms in total. The van der Waals surface area contributed by atoms with E-state index in [1.54, 1.807) is 0 Å². The van der Waals surface area contributed by atoms with E-state index in [0.717, 1.165) is 25.7 Å². The third kappa shape index (κ3) is 2.99. The van der Waals surface area contributed by atoms with E-state index in [1.807, 2.05) is 0 Å². The Morgan fingerprint density at radius 1 is 1.32 bits per heavy atom. The number of rotatable bonds is 6. The molecule has 0 unspecified atom stereocenters. The Hall–Kier alpha value is -1.32. The van der Waals surface area contributed by atoms with E-state index in [2.05, 4.69) is 53.4 Å². The number of hydrogen-bond donors (Lipinski definition) is 2. The number of hydrogen-bond acceptors (Lipinski definition) is 2. The first-order chi connectivity index (χ1) is 9.24. The predicted molar refractivity (Wildman–Crippen MR) is 80.4 cm³/mol. The Balaban J connectivity index is 1.64. The fourth-order valence-corrected chi connectivity index (χ4v) is 2.63. The van der Waals surface area contributed by atoms with Gasteiger partial charge in [0, 0.05) is 42.3 Å². The van der Waals surface area contributed by atoms with E-state index >= 15 is 0 Å². The highest BCUT2D eigenvalue weighted by Crippen LogP contribution is 2.23. The molecule has 19 heavy (non-hydrogen) atoms. The van der Waals surface area contributed by atoms with E-state index in [-0.39, 0.29) is 0 Å². The van der Waals surface area contributed by atoms with Crippen molar-refractivity contribution in [3.8, 4) is 0 Å². The van der Waals surface area contributed by atoms with Gasteiger partial charge in [-0.3, -0.25) is 0 Å². The van der Waals surface area contributed by atoms with Gasteiger partial charge in [-0.25, -0.2) is 0 Å². The zero-order valence-corrected chi connectivity index (χ0v) is 11.9. The van der Waals surface area contributed by atoms with Crippen LogP contribution in [0.1, 0.15) is 24.1 Å². The second-order valence-corrected chi connectivity index (χ2v) is 5.74. The summed E-state index contributed by atoms with van der Waals surface area (Å²) in [6, 6.07) is 9.38. The van der Waals surface area contributed by atoms with E-state index in [4.69, 9.17) is 0 Å². The molecular formula is C16H23N3. The molecule has 1 aromatic heterocycles. The van der Waals surface area contributed by atoms with Gasteiger partial charge in [0.1, 0.15) is 0 Å². The first kappa shape index (κ1) is 12.7. The van der Waals surface area contributed by atoms with Crippen molar-refractivity contribution in [2.45, 2.75) is 32.4 Å². The summed E-state index contributed by atoms with van der Waals surface area (Å²) in [5.74, 6) is 0. The lowest BCUT2D eigenvalue weighted by Crippen LogP contribution is -2.30. The van der Waals surface area contributed by atoms with Crippen LogP contribution < -0.4 is 5.32 Å². The number of likely N-dealkylation sites (N-methyl/N-ethyl adjacent to an activating group) is 1. The molecule has 102 valence electrons. The van der Waals surface area contributed by atoms with Gasteiger partial charge in [0.25, 0.3) is 0 Å². The molecule has 0 saturated heterocycles. The molecule has 0 bridgehead atoms. The summed E-state index contributed by atoms with van der Waals surface area (Å²) in [5.41, 5.74) is 3.98. The predicted octanol–water partition coefficient (Wildman–Crippen LogP) is 2.66. The number of benzene rings is 1. The minimum Gasteiger partial charge on any atom is -0.358 e. The summed E-state index contributed by atoms with van der Waals surface area (Å²) >= 11 is 0. The van der Waals surface area contributed by atoms with Crippen LogP contribution in [0.15, 0.2) is 24.3 Å². The summed E-state index contributed by atoms with van der Waals surface area (Å²) < 4.78 is 0. The lowest BCUT2D eigenvalue weighted by Gasteiger charge is -2.17. The maximum atomic E-state index is 3.57. The Kier molecular flexibility index (Phi) is 3.58. The number of fused-ring (bicyclic) bond motifs is 1. The monoisotopic (exact) mass is 257 g/mol. The molecule has 1 aliphatic rings. The van der Waals surface area contributed by atoms with Gasteiger partial charge < -0.3 is 15.2 Å². The van der Waals surface area contributed by atoms with Gasteiger partial charge in [-0.1, -0.05) is 18.2 Å². The van der Waals surface area contributed by atoms with Gasteiger partial charge in [-0.05, 0) is 38.4 Å². The number of nitrogens with zero attached hydrogens (tertiary/aromatic N) is 1. The van der Waals surface area contributed by atoms with E-state index in [9.17, 15) is 0 Å². The number of nitrogens with one attached hydrogen (secondary N) is 2. The van der Waals surface area contributed by atoms with Crippen molar-refractivity contribution in [1.82, 2.24) is 15.2 Å². The third-order valence-electron chi connectivity index (χ3n) is 3.96. The minimum absolute atomic E-state index is 0.809. The summed E-state index contributed by atoms with van der Waals surface area (Å²) in [6.45, 7) is 5.39. The van der Waals surface area contributed by atoms with Crippen molar-refractivity contribution in [3.05, 3.63) is 35.5 Å². The smallest absolute Gasteiger partial charge is 0.0459 e. The van der Waals surface area contributed by atoms with Crippen LogP contribution in [0.25, 0.3) is 10.9 Å². The molecular weight excluding hydrogens is 234 g/mol. The largest absolute Gasteiger partial charge is 0.358 e. The lowest BCUT2D eigenvalue weighted by molar-refractivity contribution is 0.324. The van der Waals surface area contributed by atoms with Gasteiger partial charge in [-0.15, -0.1) is 0 Å². The lowest BCUT2D eigenvalue weighted by atomic mass is 10.1. The first-order valence-electron chi connectivity index (χ1n) is 7.22. The molecule has 1 aliphatic carbocycles. The van der Waals surface area contributed by atoms with Gasteiger partial charge in [0.2, 0.25) is 0 Å². The Labute approximate surface area is 115 Å². The number of aromatic amines is 1. The second-order valence-electron chi connectivity index (χ2n) is 5.74. The molecule has 1 fully saturated rings. The Morgan fingerprint density at radius 3 is 2.89 bits per heavy atom. The summed E-state index contributed by atoms with van der Waals surface area (Å²) in [7, 11) is 2.20. The van der Waals surface area contributed by atoms with E-state index in [1.165, 1.54) is 35.0 Å². The van der Waals surface area contributed by atoms with Gasteiger partial charge in [0.05, 0.1) is 0 Å². The zero-order chi connectivity index (χ0) is 13.2. The molecule has 3 heteroatoms. The van der Waals surface area contributed by atoms with Gasteiger partial charge in [0.15, 0.2) is 0 Å². The van der Waals surface area contributed by atoms with Gasteiger partial charge >= 0.3 is 0 Å². The average molecular weight is 257 g/mol. The molecule has 0 amide bonds. The van der Waals surface area contributed by atoms with Crippen LogP contribution in [-0.4, -0.2) is 36.1 Å². The molecule has 2 aromatic rings. The van der Waals surface area contributed by atoms with Crippen LogP contribution in [0.4, 0.5) is 0 Å². The van der Waals surface area contributed by atoms with Gasteiger partial charge in [-0.2, -0.15) is 0 Å². The van der Waals surface area contributed by atoms with Crippen molar-refractivity contribution >= 4 is 10.9 Å². The molecule has 0 aliphatic heterocycles. The normalized spacial score (nSPS) is 15.5. The number of para-hydroxylation sites is 1. The maximum Gasteiger partial charge on any atom is 0.0459 e. The molecule has 0 radical (unpaired) electrons. The molecule has 2 N–H and O–H groups in total. The number of H-pyrrole nitrogens is 1. The first-order valence-corrected chi connectivity index (χ1v) is 7.22. The topological polar surface area (TPSA) is 31.1 Å². The fraction of sp³-hybridized carbons (Fsp3) is 0.500. The number of aryl methyl sites for hydroxylation is 1. The van der Waals surface area contributed by atoms with Crippen molar-refractivity contribution in [3.63, 3.8) is 0 Å². The maximum absolute atomic E-state index is 3.57. The fourth-order valence-electron chi connectivity index (χ4n) is 2.63. The zero-order valence-electron chi connectivity index (χ0n) is 11.9. The van der Waals surface area contributed by atoms with Crippen LogP contribution in [0.2, 0.25) is 0 Å². The van der Waals surface area contributed by atoms with Crippen molar-refractivity contribution < 1.29 is 0 Å². The van der Waals surface area contributed by atoms with Crippen LogP contribution >= 0.6 is 0 Å². The van der Waals surface area contributed by atoms with Crippen LogP contribution in [0, 0.1) is 6.92 Å². The number of aromatic nitrogens is 1. The summed E-state index contributed by atoms with van der Waals surface area (Å²) in [6.07, 6.45) is 2.73. The highest BCUT2D eigenvalue weighted by atomic mass is 15.1. The molecule has 0 spiro atoms. The highest BCUT2D eigenvalue weighted by molar-refractivity contribution is 5.84. The molecule has 1 saturated carbocycles. The van der Waals surface area contributed by atoms with Crippen LogP contribution in [0.5, 0.6) is 0 Å². The van der Waals surface area contributed by atoms with Crippen LogP contribution in [-0.2, 0) is 6.54 Å². The average Bonchev–Trinajstić information content (AvgIpc) is 3.16. The standard InChI is InChI=1S/C16H23N3/c1-12-15(14-5-3-4-6-16(14)18-12)11-19(2)10-9-17-13-7-8-13/h3-6,13,17-18H,7-11H2,1-2H3. The Morgan fingerprint density at radius 2 is 2.11 bits per heavy atom. The van der Waals surface area contributed by atoms with E-state index in [0.29, 0.717) is 0 Å². The third-order valence-corrected chi connectivity index (χ3v) is 3.96. The molecule has 0 atom stereocenters. The summed E-state index contributed by atoms with van der Waals surface area (Å²) in [4.78, 5) is 5.88. The Bertz CT molecular complexity index is 554. The highest BCUT2D eigenvalue weighted by Gasteiger charge is 2.19. The second kappa shape index (κ2) is 5.35. The van der Waals surface area contributed by atoms with Crippen molar-refractivity contribution in [2.24, 2.45) is 0 Å². The van der Waals surface area contributed by atoms with Crippen molar-refractivity contribution in [2.75, 3.05) is 20.1 Å². The SMILES string of the molecule is Cc1[nH]c2ccccc2c1CN(C)CCNC1CC1. The quantitative estimate of drug-likeness (QED) is 0.833. The van der Waals surface area contributed by atoms with E-state index < -0.39 is 0 Å². The molecule has 1 heterocycles.